The van der Waals surface area contributed by atoms with E-state index in [1.54, 1.807) is 17.0 Å². The number of para-hydroxylation sites is 2. The molecule has 2 rings (SSSR count). The monoisotopic (exact) mass is 340 g/mol. The van der Waals surface area contributed by atoms with Gasteiger partial charge in [-0.25, -0.2) is 0 Å². The van der Waals surface area contributed by atoms with E-state index < -0.39 is 0 Å². The van der Waals surface area contributed by atoms with Crippen LogP contribution in [0.15, 0.2) is 54.6 Å². The molecule has 0 radical (unpaired) electrons. The molecule has 2 amide bonds. The molecule has 2 aromatic rings. The Morgan fingerprint density at radius 1 is 1.04 bits per heavy atom. The second-order valence-corrected chi connectivity index (χ2v) is 5.93. The smallest absolute Gasteiger partial charge is 0.251 e. The van der Waals surface area contributed by atoms with E-state index in [4.69, 9.17) is 4.74 Å². The van der Waals surface area contributed by atoms with Gasteiger partial charge in [0.25, 0.3) is 5.91 Å². The molecule has 1 N–H and O–H groups in total. The summed E-state index contributed by atoms with van der Waals surface area (Å²) >= 11 is 0. The molecule has 0 atom stereocenters. The average Bonchev–Trinajstić information content (AvgIpc) is 2.59. The molecule has 0 bridgehead atoms. The lowest BCUT2D eigenvalue weighted by atomic mass is 10.2. The lowest BCUT2D eigenvalue weighted by Gasteiger charge is -2.24. The van der Waals surface area contributed by atoms with Crippen molar-refractivity contribution in [3.8, 4) is 5.75 Å². The van der Waals surface area contributed by atoms with Crippen LogP contribution in [-0.4, -0.2) is 31.0 Å². The molecule has 0 aliphatic carbocycles. The third kappa shape index (κ3) is 5.35. The van der Waals surface area contributed by atoms with Crippen molar-refractivity contribution in [3.05, 3.63) is 60.2 Å². The Hall–Kier alpha value is -2.82. The van der Waals surface area contributed by atoms with Gasteiger partial charge in [-0.3, -0.25) is 9.59 Å². The minimum Gasteiger partial charge on any atom is -0.489 e. The Balaban J connectivity index is 2.05. The summed E-state index contributed by atoms with van der Waals surface area (Å²) in [7, 11) is 0. The minimum absolute atomic E-state index is 0.00717. The summed E-state index contributed by atoms with van der Waals surface area (Å²) in [6, 6.07) is 16.4. The maximum Gasteiger partial charge on any atom is 0.251 e. The standard InChI is InChI=1S/C20H24N2O3/c1-15(2)25-19-12-8-7-11-18(19)22(16(3)23)14-13-21-20(24)17-9-5-4-6-10-17/h4-12,15H,13-14H2,1-3H3,(H,21,24). The lowest BCUT2D eigenvalue weighted by molar-refractivity contribution is -0.116. The third-order valence-electron chi connectivity index (χ3n) is 3.56. The number of hydrogen-bond acceptors (Lipinski definition) is 3. The number of anilines is 1. The average molecular weight is 340 g/mol. The SMILES string of the molecule is CC(=O)N(CCNC(=O)c1ccccc1)c1ccccc1OC(C)C. The Morgan fingerprint density at radius 3 is 2.32 bits per heavy atom. The fourth-order valence-electron chi connectivity index (χ4n) is 2.45. The van der Waals surface area contributed by atoms with Gasteiger partial charge < -0.3 is 15.0 Å². The molecule has 0 unspecified atom stereocenters. The Bertz CT molecular complexity index is 714. The Labute approximate surface area is 148 Å². The van der Waals surface area contributed by atoms with Crippen molar-refractivity contribution in [2.75, 3.05) is 18.0 Å². The van der Waals surface area contributed by atoms with Gasteiger partial charge in [-0.1, -0.05) is 30.3 Å². The number of ether oxygens (including phenoxy) is 1. The van der Waals surface area contributed by atoms with E-state index in [0.717, 1.165) is 0 Å². The van der Waals surface area contributed by atoms with Crippen LogP contribution >= 0.6 is 0 Å². The van der Waals surface area contributed by atoms with Crippen molar-refractivity contribution < 1.29 is 14.3 Å². The van der Waals surface area contributed by atoms with Crippen molar-refractivity contribution in [3.63, 3.8) is 0 Å². The first kappa shape index (κ1) is 18.5. The van der Waals surface area contributed by atoms with Crippen LogP contribution in [0, 0.1) is 0 Å². The van der Waals surface area contributed by atoms with Crippen LogP contribution in [0.5, 0.6) is 5.75 Å². The highest BCUT2D eigenvalue weighted by molar-refractivity contribution is 5.95. The summed E-state index contributed by atoms with van der Waals surface area (Å²) in [6.07, 6.45) is 0.00717. The number of carbonyl (C=O) groups excluding carboxylic acids is 2. The van der Waals surface area contributed by atoms with Crippen LogP contribution in [-0.2, 0) is 4.79 Å². The van der Waals surface area contributed by atoms with Crippen molar-refractivity contribution in [1.29, 1.82) is 0 Å². The van der Waals surface area contributed by atoms with Crippen LogP contribution in [0.3, 0.4) is 0 Å². The van der Waals surface area contributed by atoms with Gasteiger partial charge in [0.05, 0.1) is 11.8 Å². The summed E-state index contributed by atoms with van der Waals surface area (Å²) in [6.45, 7) is 6.10. The molecule has 0 saturated carbocycles. The molecule has 25 heavy (non-hydrogen) atoms. The highest BCUT2D eigenvalue weighted by atomic mass is 16.5. The van der Waals surface area contributed by atoms with E-state index in [0.29, 0.717) is 30.1 Å². The summed E-state index contributed by atoms with van der Waals surface area (Å²) < 4.78 is 5.79. The van der Waals surface area contributed by atoms with Gasteiger partial charge in [0.15, 0.2) is 0 Å². The number of rotatable bonds is 7. The molecule has 5 nitrogen and oxygen atoms in total. The maximum atomic E-state index is 12.1. The van der Waals surface area contributed by atoms with Gasteiger partial charge in [-0.15, -0.1) is 0 Å². The van der Waals surface area contributed by atoms with Crippen molar-refractivity contribution in [2.45, 2.75) is 26.9 Å². The first-order chi connectivity index (χ1) is 12.0. The van der Waals surface area contributed by atoms with E-state index in [2.05, 4.69) is 5.32 Å². The van der Waals surface area contributed by atoms with E-state index in [1.165, 1.54) is 6.92 Å². The third-order valence-corrected chi connectivity index (χ3v) is 3.56. The highest BCUT2D eigenvalue weighted by Crippen LogP contribution is 2.28. The molecule has 132 valence electrons. The molecule has 0 aliphatic rings. The zero-order valence-corrected chi connectivity index (χ0v) is 14.9. The van der Waals surface area contributed by atoms with Gasteiger partial charge in [-0.05, 0) is 38.1 Å². The van der Waals surface area contributed by atoms with Crippen LogP contribution in [0.25, 0.3) is 0 Å². The minimum atomic E-state index is -0.157. The van der Waals surface area contributed by atoms with Gasteiger partial charge in [0.2, 0.25) is 5.91 Å². The Kier molecular flexibility index (Phi) is 6.57. The molecule has 0 heterocycles. The zero-order chi connectivity index (χ0) is 18.2. The molecular weight excluding hydrogens is 316 g/mol. The lowest BCUT2D eigenvalue weighted by Crippen LogP contribution is -2.37. The fourth-order valence-corrected chi connectivity index (χ4v) is 2.45. The van der Waals surface area contributed by atoms with Crippen LogP contribution in [0.1, 0.15) is 31.1 Å². The van der Waals surface area contributed by atoms with Crippen LogP contribution in [0.2, 0.25) is 0 Å². The fraction of sp³-hybridized carbons (Fsp3) is 0.300. The summed E-state index contributed by atoms with van der Waals surface area (Å²) in [5, 5.41) is 2.84. The molecule has 0 aromatic heterocycles. The largest absolute Gasteiger partial charge is 0.489 e. The molecule has 2 aromatic carbocycles. The van der Waals surface area contributed by atoms with E-state index in [1.807, 2.05) is 56.3 Å². The first-order valence-electron chi connectivity index (χ1n) is 8.36. The molecule has 5 heteroatoms. The zero-order valence-electron chi connectivity index (χ0n) is 14.9. The van der Waals surface area contributed by atoms with Gasteiger partial charge in [-0.2, -0.15) is 0 Å². The molecule has 0 spiro atoms. The molecular formula is C20H24N2O3. The van der Waals surface area contributed by atoms with E-state index in [-0.39, 0.29) is 17.9 Å². The van der Waals surface area contributed by atoms with Gasteiger partial charge in [0.1, 0.15) is 5.75 Å². The van der Waals surface area contributed by atoms with Crippen molar-refractivity contribution in [1.82, 2.24) is 5.32 Å². The van der Waals surface area contributed by atoms with Crippen molar-refractivity contribution in [2.24, 2.45) is 0 Å². The van der Waals surface area contributed by atoms with Gasteiger partial charge in [0, 0.05) is 25.6 Å². The maximum absolute atomic E-state index is 12.1. The predicted octanol–water partition coefficient (Wildman–Crippen LogP) is 3.26. The normalized spacial score (nSPS) is 10.4. The number of nitrogens with zero attached hydrogens (tertiary/aromatic N) is 1. The van der Waals surface area contributed by atoms with Crippen LogP contribution in [0.4, 0.5) is 5.69 Å². The summed E-state index contributed by atoms with van der Waals surface area (Å²) in [4.78, 5) is 25.8. The summed E-state index contributed by atoms with van der Waals surface area (Å²) in [5.41, 5.74) is 1.30. The highest BCUT2D eigenvalue weighted by Gasteiger charge is 2.17. The second kappa shape index (κ2) is 8.87. The van der Waals surface area contributed by atoms with Crippen LogP contribution < -0.4 is 15.0 Å². The number of nitrogens with one attached hydrogen (secondary N) is 1. The second-order valence-electron chi connectivity index (χ2n) is 5.93. The molecule has 0 aliphatic heterocycles. The first-order valence-corrected chi connectivity index (χ1v) is 8.36. The van der Waals surface area contributed by atoms with E-state index >= 15 is 0 Å². The van der Waals surface area contributed by atoms with Gasteiger partial charge >= 0.3 is 0 Å². The van der Waals surface area contributed by atoms with Crippen molar-refractivity contribution >= 4 is 17.5 Å². The number of benzene rings is 2. The number of hydrogen-bond donors (Lipinski definition) is 1. The summed E-state index contributed by atoms with van der Waals surface area (Å²) in [5.74, 6) is 0.395. The topological polar surface area (TPSA) is 58.6 Å². The van der Waals surface area contributed by atoms with E-state index in [9.17, 15) is 9.59 Å². The molecule has 0 fully saturated rings. The number of carbonyl (C=O) groups is 2. The number of amides is 2. The Morgan fingerprint density at radius 2 is 1.68 bits per heavy atom. The predicted molar refractivity (Wildman–Crippen MR) is 99.0 cm³/mol. The quantitative estimate of drug-likeness (QED) is 0.842. The molecule has 0 saturated heterocycles.